The van der Waals surface area contributed by atoms with E-state index in [1.807, 2.05) is 37.4 Å². The molecular weight excluding hydrogens is 410 g/mol. The number of benzene rings is 1. The maximum Gasteiger partial charge on any atom is 0.277 e. The molecule has 0 bridgehead atoms. The first-order valence-electron chi connectivity index (χ1n) is 9.06. The minimum absolute atomic E-state index is 0.105. The minimum Gasteiger partial charge on any atom is -0.416 e. The summed E-state index contributed by atoms with van der Waals surface area (Å²) < 4.78 is 5.64. The molecule has 0 spiro atoms. The van der Waals surface area contributed by atoms with Crippen LogP contribution in [0.15, 0.2) is 39.3 Å². The summed E-state index contributed by atoms with van der Waals surface area (Å²) >= 11 is 2.76. The van der Waals surface area contributed by atoms with Crippen LogP contribution in [-0.2, 0) is 16.0 Å². The third-order valence-electron chi connectivity index (χ3n) is 4.39. The number of fused-ring (bicyclic) bond motifs is 1. The minimum atomic E-state index is -0.252. The summed E-state index contributed by atoms with van der Waals surface area (Å²) in [6, 6.07) is 7.05. The second-order valence-electron chi connectivity index (χ2n) is 6.67. The van der Waals surface area contributed by atoms with Crippen molar-refractivity contribution in [2.45, 2.75) is 38.0 Å². The van der Waals surface area contributed by atoms with Gasteiger partial charge in [-0.05, 0) is 26.0 Å². The van der Waals surface area contributed by atoms with Gasteiger partial charge in [0.15, 0.2) is 0 Å². The highest BCUT2D eigenvalue weighted by Crippen LogP contribution is 2.32. The predicted molar refractivity (Wildman–Crippen MR) is 111 cm³/mol. The van der Waals surface area contributed by atoms with Gasteiger partial charge in [-0.2, -0.15) is 0 Å². The Morgan fingerprint density at radius 3 is 3.00 bits per heavy atom. The van der Waals surface area contributed by atoms with Crippen LogP contribution in [0, 0.1) is 6.92 Å². The molecule has 3 aromatic rings. The van der Waals surface area contributed by atoms with E-state index in [2.05, 4.69) is 20.5 Å². The van der Waals surface area contributed by atoms with Gasteiger partial charge in [0.1, 0.15) is 0 Å². The standard InChI is InChI=1S/C19H19N5O3S2/c1-11-7-16(25)21-14-5-3-4-6-15(14)24(11)18(26)10-29-19-23-22-17(27-19)8-13-9-28-12(2)20-13/h3-6,9,11H,7-8,10H2,1-2H3,(H,21,25). The number of carbonyl (C=O) groups is 2. The van der Waals surface area contributed by atoms with Gasteiger partial charge in [-0.25, -0.2) is 4.98 Å². The highest BCUT2D eigenvalue weighted by molar-refractivity contribution is 7.99. The third kappa shape index (κ3) is 4.48. The zero-order valence-corrected chi connectivity index (χ0v) is 17.5. The molecule has 0 aliphatic carbocycles. The summed E-state index contributed by atoms with van der Waals surface area (Å²) in [4.78, 5) is 31.1. The lowest BCUT2D eigenvalue weighted by atomic mass is 10.2. The first kappa shape index (κ1) is 19.6. The first-order valence-corrected chi connectivity index (χ1v) is 10.9. The Kier molecular flexibility index (Phi) is 5.63. The van der Waals surface area contributed by atoms with Gasteiger partial charge in [0.2, 0.25) is 17.7 Å². The summed E-state index contributed by atoms with van der Waals surface area (Å²) in [5.74, 6) is 0.367. The fourth-order valence-corrected chi connectivity index (χ4v) is 4.43. The lowest BCUT2D eigenvalue weighted by Gasteiger charge is -2.27. The van der Waals surface area contributed by atoms with Crippen LogP contribution in [0.4, 0.5) is 11.4 Å². The number of amides is 2. The van der Waals surface area contributed by atoms with Crippen molar-refractivity contribution < 1.29 is 14.0 Å². The van der Waals surface area contributed by atoms with Crippen LogP contribution in [-0.4, -0.2) is 38.8 Å². The second kappa shape index (κ2) is 8.34. The van der Waals surface area contributed by atoms with E-state index in [0.29, 0.717) is 28.9 Å². The molecule has 0 saturated carbocycles. The fraction of sp³-hybridized carbons (Fsp3) is 0.316. The molecule has 150 valence electrons. The number of hydrogen-bond acceptors (Lipinski definition) is 8. The number of aryl methyl sites for hydroxylation is 1. The molecule has 2 amide bonds. The van der Waals surface area contributed by atoms with Crippen LogP contribution in [0.1, 0.15) is 29.9 Å². The van der Waals surface area contributed by atoms with Crippen molar-refractivity contribution in [1.82, 2.24) is 15.2 Å². The van der Waals surface area contributed by atoms with Crippen molar-refractivity contribution in [2.24, 2.45) is 0 Å². The smallest absolute Gasteiger partial charge is 0.277 e. The van der Waals surface area contributed by atoms with Gasteiger partial charge in [-0.15, -0.1) is 21.5 Å². The van der Waals surface area contributed by atoms with E-state index < -0.39 is 0 Å². The molecule has 3 heterocycles. The van der Waals surface area contributed by atoms with Crippen LogP contribution in [0.2, 0.25) is 0 Å². The number of para-hydroxylation sites is 2. The zero-order chi connectivity index (χ0) is 20.4. The number of nitrogens with one attached hydrogen (secondary N) is 1. The molecule has 1 N–H and O–H groups in total. The van der Waals surface area contributed by atoms with E-state index in [1.165, 1.54) is 11.8 Å². The molecule has 29 heavy (non-hydrogen) atoms. The molecule has 1 aliphatic rings. The van der Waals surface area contributed by atoms with Crippen molar-refractivity contribution in [3.63, 3.8) is 0 Å². The number of aromatic nitrogens is 3. The Morgan fingerprint density at radius 1 is 1.38 bits per heavy atom. The number of thiazole rings is 1. The molecule has 0 radical (unpaired) electrons. The first-order chi connectivity index (χ1) is 14.0. The van der Waals surface area contributed by atoms with E-state index in [0.717, 1.165) is 10.7 Å². The molecule has 0 fully saturated rings. The average molecular weight is 430 g/mol. The highest BCUT2D eigenvalue weighted by atomic mass is 32.2. The normalized spacial score (nSPS) is 16.3. The van der Waals surface area contributed by atoms with Crippen molar-refractivity contribution in [1.29, 1.82) is 0 Å². The van der Waals surface area contributed by atoms with Gasteiger partial charge >= 0.3 is 0 Å². The number of nitrogens with zero attached hydrogens (tertiary/aromatic N) is 4. The van der Waals surface area contributed by atoms with Crippen molar-refractivity contribution in [3.05, 3.63) is 46.2 Å². The van der Waals surface area contributed by atoms with Gasteiger partial charge in [-0.1, -0.05) is 23.9 Å². The van der Waals surface area contributed by atoms with E-state index in [4.69, 9.17) is 4.42 Å². The summed E-state index contributed by atoms with van der Waals surface area (Å²) in [7, 11) is 0. The molecule has 2 aromatic heterocycles. The largest absolute Gasteiger partial charge is 0.416 e. The van der Waals surface area contributed by atoms with Crippen LogP contribution in [0.3, 0.4) is 0 Å². The zero-order valence-electron chi connectivity index (χ0n) is 15.9. The second-order valence-corrected chi connectivity index (χ2v) is 8.66. The molecule has 1 aliphatic heterocycles. The molecule has 1 aromatic carbocycles. The van der Waals surface area contributed by atoms with Gasteiger partial charge < -0.3 is 14.6 Å². The molecule has 10 heteroatoms. The maximum absolute atomic E-state index is 13.0. The van der Waals surface area contributed by atoms with E-state index in [1.54, 1.807) is 22.3 Å². The molecule has 1 atom stereocenters. The fourth-order valence-electron chi connectivity index (χ4n) is 3.17. The Balaban J connectivity index is 1.43. The molecule has 0 saturated heterocycles. The van der Waals surface area contributed by atoms with E-state index >= 15 is 0 Å². The average Bonchev–Trinajstić information content (AvgIpc) is 3.27. The topological polar surface area (TPSA) is 101 Å². The van der Waals surface area contributed by atoms with Gasteiger partial charge in [-0.3, -0.25) is 9.59 Å². The lowest BCUT2D eigenvalue weighted by Crippen LogP contribution is -2.40. The van der Waals surface area contributed by atoms with E-state index in [-0.39, 0.29) is 30.0 Å². The Labute approximate surface area is 175 Å². The monoisotopic (exact) mass is 429 g/mol. The Bertz CT molecular complexity index is 1050. The van der Waals surface area contributed by atoms with E-state index in [9.17, 15) is 9.59 Å². The molecule has 1 unspecified atom stereocenters. The summed E-state index contributed by atoms with van der Waals surface area (Å²) in [5.41, 5.74) is 2.22. The number of thioether (sulfide) groups is 1. The van der Waals surface area contributed by atoms with Crippen LogP contribution >= 0.6 is 23.1 Å². The van der Waals surface area contributed by atoms with Crippen LogP contribution in [0.5, 0.6) is 0 Å². The van der Waals surface area contributed by atoms with Crippen LogP contribution in [0.25, 0.3) is 0 Å². The third-order valence-corrected chi connectivity index (χ3v) is 6.02. The van der Waals surface area contributed by atoms with Crippen LogP contribution < -0.4 is 10.2 Å². The Morgan fingerprint density at radius 2 is 2.21 bits per heavy atom. The van der Waals surface area contributed by atoms with Gasteiger partial charge in [0.25, 0.3) is 5.22 Å². The Hall–Kier alpha value is -2.72. The highest BCUT2D eigenvalue weighted by Gasteiger charge is 2.29. The maximum atomic E-state index is 13.0. The quantitative estimate of drug-likeness (QED) is 0.621. The molecular formula is C19H19N5O3S2. The number of anilines is 2. The summed E-state index contributed by atoms with van der Waals surface area (Å²) in [5, 5.41) is 14.2. The number of rotatable bonds is 5. The van der Waals surface area contributed by atoms with Gasteiger partial charge in [0.05, 0.1) is 34.2 Å². The molecule has 4 rings (SSSR count). The SMILES string of the molecule is Cc1nc(Cc2nnc(SCC(=O)N3c4ccccc4NC(=O)CC3C)o2)cs1. The summed E-state index contributed by atoms with van der Waals surface area (Å²) in [6.07, 6.45) is 0.707. The number of hydrogen-bond donors (Lipinski definition) is 1. The lowest BCUT2D eigenvalue weighted by molar-refractivity contribution is -0.117. The number of carbonyl (C=O) groups excluding carboxylic acids is 2. The van der Waals surface area contributed by atoms with Crippen molar-refractivity contribution in [2.75, 3.05) is 16.0 Å². The van der Waals surface area contributed by atoms with Crippen molar-refractivity contribution in [3.8, 4) is 0 Å². The molecule has 8 nitrogen and oxygen atoms in total. The van der Waals surface area contributed by atoms with Crippen molar-refractivity contribution >= 4 is 46.3 Å². The van der Waals surface area contributed by atoms with Gasteiger partial charge in [0, 0.05) is 17.8 Å². The summed E-state index contributed by atoms with van der Waals surface area (Å²) in [6.45, 7) is 3.81. The predicted octanol–water partition coefficient (Wildman–Crippen LogP) is 3.28.